The molecule has 0 N–H and O–H groups in total. The maximum absolute atomic E-state index is 5.28. The summed E-state index contributed by atoms with van der Waals surface area (Å²) in [5.41, 5.74) is 2.56. The van der Waals surface area contributed by atoms with Gasteiger partial charge in [-0.15, -0.1) is 6.42 Å². The van der Waals surface area contributed by atoms with Crippen molar-refractivity contribution in [1.82, 2.24) is 0 Å². The maximum atomic E-state index is 5.28. The third-order valence-corrected chi connectivity index (χ3v) is 2.86. The molecule has 0 aromatic heterocycles. The van der Waals surface area contributed by atoms with Crippen LogP contribution in [0.5, 0.6) is 0 Å². The van der Waals surface area contributed by atoms with Crippen LogP contribution in [0.4, 0.5) is 0 Å². The zero-order valence-corrected chi connectivity index (χ0v) is 11.2. The molecule has 94 valence electrons. The van der Waals surface area contributed by atoms with Gasteiger partial charge in [-0.1, -0.05) is 74.6 Å². The largest absolute Gasteiger partial charge is 0.115 e. The van der Waals surface area contributed by atoms with Crippen molar-refractivity contribution in [3.63, 3.8) is 0 Å². The molecule has 0 heteroatoms. The van der Waals surface area contributed by atoms with E-state index >= 15 is 0 Å². The second-order valence-electron chi connectivity index (χ2n) is 4.44. The molecule has 0 atom stereocenters. The number of terminal acetylenes is 1. The van der Waals surface area contributed by atoms with E-state index in [0.29, 0.717) is 0 Å². The fourth-order valence-corrected chi connectivity index (χ4v) is 1.88. The van der Waals surface area contributed by atoms with Gasteiger partial charge in [0.15, 0.2) is 0 Å². The van der Waals surface area contributed by atoms with Gasteiger partial charge in [0.1, 0.15) is 0 Å². The summed E-state index contributed by atoms with van der Waals surface area (Å²) in [6.07, 6.45) is 17.6. The molecular weight excluding hydrogens is 216 g/mol. The molecule has 0 unspecified atom stereocenters. The predicted molar refractivity (Wildman–Crippen MR) is 81.2 cm³/mol. The van der Waals surface area contributed by atoms with E-state index in [1.54, 1.807) is 6.08 Å². The number of rotatable bonds is 7. The fraction of sp³-hybridized carbons (Fsp3) is 0.333. The van der Waals surface area contributed by atoms with Crippen molar-refractivity contribution < 1.29 is 0 Å². The second kappa shape index (κ2) is 9.31. The summed E-state index contributed by atoms with van der Waals surface area (Å²) in [4.78, 5) is 0. The summed E-state index contributed by atoms with van der Waals surface area (Å²) < 4.78 is 0. The van der Waals surface area contributed by atoms with E-state index in [1.165, 1.54) is 36.8 Å². The quantitative estimate of drug-likeness (QED) is 0.346. The van der Waals surface area contributed by atoms with Gasteiger partial charge < -0.3 is 0 Å². The van der Waals surface area contributed by atoms with Crippen molar-refractivity contribution >= 4 is 6.08 Å². The Hall–Kier alpha value is -1.74. The molecule has 0 fully saturated rings. The first-order chi connectivity index (χ1) is 8.86. The van der Waals surface area contributed by atoms with E-state index in [0.717, 1.165) is 6.42 Å². The summed E-state index contributed by atoms with van der Waals surface area (Å²) in [5, 5.41) is 0. The normalized spacial score (nSPS) is 11.7. The minimum atomic E-state index is 1.10. The van der Waals surface area contributed by atoms with Crippen LogP contribution in [0.3, 0.4) is 0 Å². The Kier molecular flexibility index (Phi) is 7.40. The number of hydrogen-bond acceptors (Lipinski definition) is 0. The third-order valence-electron chi connectivity index (χ3n) is 2.86. The van der Waals surface area contributed by atoms with Crippen molar-refractivity contribution in [2.45, 2.75) is 39.0 Å². The van der Waals surface area contributed by atoms with Crippen LogP contribution in [0.25, 0.3) is 6.08 Å². The van der Waals surface area contributed by atoms with Gasteiger partial charge in [0.25, 0.3) is 0 Å². The Morgan fingerprint density at radius 3 is 2.61 bits per heavy atom. The zero-order chi connectivity index (χ0) is 13.1. The number of allylic oxidation sites excluding steroid dienone is 3. The lowest BCUT2D eigenvalue weighted by molar-refractivity contribution is 0.669. The standard InChI is InChI=1S/C18H22/c1-3-5-7-9-13-17(12-6-4-2)16-18-14-10-8-11-15-18/h2,6,8,10-12,14-16H,3,5,7,9,13H2,1H3/b12-6+,17-16-. The van der Waals surface area contributed by atoms with Crippen LogP contribution < -0.4 is 0 Å². The van der Waals surface area contributed by atoms with Crippen molar-refractivity contribution in [2.24, 2.45) is 0 Å². The van der Waals surface area contributed by atoms with Crippen molar-refractivity contribution in [2.75, 3.05) is 0 Å². The first-order valence-corrected chi connectivity index (χ1v) is 6.75. The lowest BCUT2D eigenvalue weighted by Crippen LogP contribution is -1.82. The molecule has 0 aliphatic carbocycles. The maximum Gasteiger partial charge on any atom is -0.0119 e. The number of unbranched alkanes of at least 4 members (excludes halogenated alkanes) is 3. The summed E-state index contributed by atoms with van der Waals surface area (Å²) in [5.74, 6) is 2.56. The van der Waals surface area contributed by atoms with Gasteiger partial charge in [-0.25, -0.2) is 0 Å². The van der Waals surface area contributed by atoms with E-state index in [1.807, 2.05) is 6.07 Å². The monoisotopic (exact) mass is 238 g/mol. The van der Waals surface area contributed by atoms with Crippen LogP contribution in [0.2, 0.25) is 0 Å². The molecule has 0 bridgehead atoms. The number of benzene rings is 1. The highest BCUT2D eigenvalue weighted by atomic mass is 14.0. The first-order valence-electron chi connectivity index (χ1n) is 6.75. The van der Waals surface area contributed by atoms with Crippen LogP contribution in [0.1, 0.15) is 44.6 Å². The molecule has 1 aromatic carbocycles. The topological polar surface area (TPSA) is 0 Å². The zero-order valence-electron chi connectivity index (χ0n) is 11.2. The van der Waals surface area contributed by atoms with Crippen molar-refractivity contribution in [1.29, 1.82) is 0 Å². The molecule has 0 saturated carbocycles. The summed E-state index contributed by atoms with van der Waals surface area (Å²) >= 11 is 0. The third kappa shape index (κ3) is 6.11. The van der Waals surface area contributed by atoms with E-state index < -0.39 is 0 Å². The lowest BCUT2D eigenvalue weighted by atomic mass is 10.0. The average Bonchev–Trinajstić information content (AvgIpc) is 2.41. The van der Waals surface area contributed by atoms with Crippen LogP contribution in [0, 0.1) is 12.3 Å². The molecule has 0 aliphatic heterocycles. The molecule has 1 rings (SSSR count). The SMILES string of the molecule is C#C/C=C/C(=C/c1ccccc1)CCCCCC. The molecule has 0 aliphatic rings. The Morgan fingerprint density at radius 1 is 1.17 bits per heavy atom. The molecular formula is C18H22. The van der Waals surface area contributed by atoms with Gasteiger partial charge in [0.2, 0.25) is 0 Å². The molecule has 0 heterocycles. The molecule has 1 aromatic rings. The molecule has 0 spiro atoms. The van der Waals surface area contributed by atoms with Gasteiger partial charge in [-0.2, -0.15) is 0 Å². The molecule has 0 amide bonds. The van der Waals surface area contributed by atoms with Crippen molar-refractivity contribution in [3.05, 3.63) is 53.6 Å². The van der Waals surface area contributed by atoms with E-state index in [9.17, 15) is 0 Å². The fourth-order valence-electron chi connectivity index (χ4n) is 1.88. The highest BCUT2D eigenvalue weighted by molar-refractivity contribution is 5.56. The highest BCUT2D eigenvalue weighted by Crippen LogP contribution is 2.15. The molecule has 0 saturated heterocycles. The molecule has 18 heavy (non-hydrogen) atoms. The summed E-state index contributed by atoms with van der Waals surface area (Å²) in [7, 11) is 0. The average molecular weight is 238 g/mol. The highest BCUT2D eigenvalue weighted by Gasteiger charge is 1.95. The van der Waals surface area contributed by atoms with Crippen LogP contribution >= 0.6 is 0 Å². The van der Waals surface area contributed by atoms with E-state index in [-0.39, 0.29) is 0 Å². The first kappa shape index (κ1) is 14.3. The van der Waals surface area contributed by atoms with Gasteiger partial charge in [-0.05, 0) is 30.1 Å². The summed E-state index contributed by atoms with van der Waals surface area (Å²) in [6.45, 7) is 2.24. The second-order valence-corrected chi connectivity index (χ2v) is 4.44. The van der Waals surface area contributed by atoms with Gasteiger partial charge in [-0.3, -0.25) is 0 Å². The lowest BCUT2D eigenvalue weighted by Gasteiger charge is -2.03. The Morgan fingerprint density at radius 2 is 1.94 bits per heavy atom. The smallest absolute Gasteiger partial charge is 0.0119 e. The minimum absolute atomic E-state index is 1.10. The predicted octanol–water partition coefficient (Wildman–Crippen LogP) is 5.23. The van der Waals surface area contributed by atoms with Gasteiger partial charge in [0, 0.05) is 0 Å². The Bertz CT molecular complexity index is 415. The van der Waals surface area contributed by atoms with Crippen LogP contribution in [0.15, 0.2) is 48.1 Å². The summed E-state index contributed by atoms with van der Waals surface area (Å²) in [6, 6.07) is 10.4. The van der Waals surface area contributed by atoms with E-state index in [2.05, 4.69) is 49.3 Å². The van der Waals surface area contributed by atoms with Gasteiger partial charge >= 0.3 is 0 Å². The van der Waals surface area contributed by atoms with E-state index in [4.69, 9.17) is 6.42 Å². The van der Waals surface area contributed by atoms with Crippen LogP contribution in [-0.2, 0) is 0 Å². The van der Waals surface area contributed by atoms with Crippen molar-refractivity contribution in [3.8, 4) is 12.3 Å². The Balaban J connectivity index is 2.64. The minimum Gasteiger partial charge on any atom is -0.115 e. The molecule has 0 radical (unpaired) electrons. The number of hydrogen-bond donors (Lipinski definition) is 0. The van der Waals surface area contributed by atoms with Gasteiger partial charge in [0.05, 0.1) is 0 Å². The Labute approximate surface area is 111 Å². The van der Waals surface area contributed by atoms with Crippen LogP contribution in [-0.4, -0.2) is 0 Å². The molecule has 0 nitrogen and oxygen atoms in total.